The molecule has 21 heavy (non-hydrogen) atoms. The fourth-order valence-electron chi connectivity index (χ4n) is 2.77. The Hall–Kier alpha value is -1.59. The molecule has 0 amide bonds. The van der Waals surface area contributed by atoms with Crippen molar-refractivity contribution >= 4 is 11.3 Å². The number of thiazole rings is 1. The first kappa shape index (κ1) is 14.4. The molecule has 112 valence electrons. The lowest BCUT2D eigenvalue weighted by Gasteiger charge is -2.20. The highest BCUT2D eigenvalue weighted by molar-refractivity contribution is 7.09. The molecule has 1 aliphatic rings. The van der Waals surface area contributed by atoms with Crippen LogP contribution in [0.15, 0.2) is 23.7 Å². The molecular weight excluding hydrogens is 284 g/mol. The van der Waals surface area contributed by atoms with Crippen molar-refractivity contribution in [1.82, 2.24) is 10.3 Å². The summed E-state index contributed by atoms with van der Waals surface area (Å²) in [4.78, 5) is 4.46. The number of rotatable bonds is 5. The summed E-state index contributed by atoms with van der Waals surface area (Å²) in [6.07, 6.45) is 3.01. The Kier molecular flexibility index (Phi) is 4.12. The topological polar surface area (TPSA) is 43.4 Å². The van der Waals surface area contributed by atoms with Crippen molar-refractivity contribution in [2.45, 2.75) is 32.4 Å². The average molecular weight is 304 g/mol. The van der Waals surface area contributed by atoms with E-state index in [4.69, 9.17) is 9.47 Å². The summed E-state index contributed by atoms with van der Waals surface area (Å²) in [5.74, 6) is 1.87. The van der Waals surface area contributed by atoms with E-state index in [9.17, 15) is 0 Å². The molecule has 0 fully saturated rings. The van der Waals surface area contributed by atoms with Crippen LogP contribution in [-0.4, -0.2) is 24.7 Å². The monoisotopic (exact) mass is 304 g/mol. The lowest BCUT2D eigenvalue weighted by atomic mass is 10.0. The van der Waals surface area contributed by atoms with E-state index < -0.39 is 0 Å². The molecule has 0 bridgehead atoms. The number of benzene rings is 1. The molecule has 2 atom stereocenters. The van der Waals surface area contributed by atoms with Crippen molar-refractivity contribution in [1.29, 1.82) is 0 Å². The normalized spacial score (nSPS) is 18.1. The summed E-state index contributed by atoms with van der Waals surface area (Å²) < 4.78 is 11.5. The highest BCUT2D eigenvalue weighted by atomic mass is 32.1. The number of fused-ring (bicyclic) bond motifs is 1. The highest BCUT2D eigenvalue weighted by Gasteiger charge is 2.26. The second-order valence-electron chi connectivity index (χ2n) is 5.20. The average Bonchev–Trinajstić information content (AvgIpc) is 3.11. The number of hydrogen-bond acceptors (Lipinski definition) is 5. The SMILES string of the molecule is CCNC(c1nccs1)c1cc2c(cc1OC)CC(C)O2. The Bertz CT molecular complexity index is 613. The predicted molar refractivity (Wildman–Crippen MR) is 84.4 cm³/mol. The third-order valence-electron chi connectivity index (χ3n) is 3.67. The van der Waals surface area contributed by atoms with Crippen LogP contribution in [0.25, 0.3) is 0 Å². The van der Waals surface area contributed by atoms with Crippen molar-refractivity contribution in [2.24, 2.45) is 0 Å². The maximum atomic E-state index is 5.89. The molecule has 0 saturated carbocycles. The van der Waals surface area contributed by atoms with Crippen LogP contribution in [0.5, 0.6) is 11.5 Å². The minimum Gasteiger partial charge on any atom is -0.496 e. The minimum atomic E-state index is 0.0368. The Labute approximate surface area is 129 Å². The predicted octanol–water partition coefficient (Wildman–Crippen LogP) is 3.17. The Morgan fingerprint density at radius 3 is 3.05 bits per heavy atom. The van der Waals surface area contributed by atoms with Gasteiger partial charge in [-0.3, -0.25) is 0 Å². The maximum absolute atomic E-state index is 5.89. The summed E-state index contributed by atoms with van der Waals surface area (Å²) >= 11 is 1.65. The van der Waals surface area contributed by atoms with Crippen molar-refractivity contribution in [3.8, 4) is 11.5 Å². The molecule has 0 spiro atoms. The van der Waals surface area contributed by atoms with E-state index in [1.165, 1.54) is 5.56 Å². The van der Waals surface area contributed by atoms with Crippen molar-refractivity contribution in [3.63, 3.8) is 0 Å². The number of nitrogens with zero attached hydrogens (tertiary/aromatic N) is 1. The first-order valence-corrected chi connectivity index (χ1v) is 8.11. The van der Waals surface area contributed by atoms with E-state index >= 15 is 0 Å². The van der Waals surface area contributed by atoms with Gasteiger partial charge >= 0.3 is 0 Å². The van der Waals surface area contributed by atoms with E-state index in [2.05, 4.69) is 36.3 Å². The zero-order valence-electron chi connectivity index (χ0n) is 12.6. The third kappa shape index (κ3) is 2.76. The van der Waals surface area contributed by atoms with Gasteiger partial charge in [-0.2, -0.15) is 0 Å². The second-order valence-corrected chi connectivity index (χ2v) is 6.12. The van der Waals surface area contributed by atoms with Crippen LogP contribution in [0, 0.1) is 0 Å². The molecule has 5 heteroatoms. The zero-order chi connectivity index (χ0) is 14.8. The van der Waals surface area contributed by atoms with Crippen LogP contribution in [0.4, 0.5) is 0 Å². The summed E-state index contributed by atoms with van der Waals surface area (Å²) in [5, 5.41) is 6.53. The molecule has 0 aliphatic carbocycles. The van der Waals surface area contributed by atoms with Gasteiger partial charge in [0.25, 0.3) is 0 Å². The fraction of sp³-hybridized carbons (Fsp3) is 0.438. The summed E-state index contributed by atoms with van der Waals surface area (Å²) in [6.45, 7) is 5.05. The number of methoxy groups -OCH3 is 1. The second kappa shape index (κ2) is 6.03. The van der Waals surface area contributed by atoms with Gasteiger partial charge in [0.2, 0.25) is 0 Å². The van der Waals surface area contributed by atoms with E-state index in [1.807, 2.05) is 11.6 Å². The van der Waals surface area contributed by atoms with Gasteiger partial charge in [-0.15, -0.1) is 11.3 Å². The van der Waals surface area contributed by atoms with Crippen LogP contribution in [0.1, 0.15) is 36.0 Å². The van der Waals surface area contributed by atoms with Crippen LogP contribution in [0.3, 0.4) is 0 Å². The number of nitrogens with one attached hydrogen (secondary N) is 1. The van der Waals surface area contributed by atoms with Gasteiger partial charge in [-0.1, -0.05) is 6.92 Å². The van der Waals surface area contributed by atoms with E-state index in [0.29, 0.717) is 0 Å². The van der Waals surface area contributed by atoms with Crippen molar-refractivity contribution in [3.05, 3.63) is 39.8 Å². The van der Waals surface area contributed by atoms with Crippen LogP contribution < -0.4 is 14.8 Å². The molecule has 1 aromatic heterocycles. The lowest BCUT2D eigenvalue weighted by Crippen LogP contribution is -2.22. The Morgan fingerprint density at radius 2 is 2.38 bits per heavy atom. The Balaban J connectivity index is 2.05. The van der Waals surface area contributed by atoms with Crippen molar-refractivity contribution < 1.29 is 9.47 Å². The molecule has 2 unspecified atom stereocenters. The molecule has 2 aromatic rings. The standard InChI is InChI=1S/C16H20N2O2S/c1-4-17-15(16-18-5-6-21-16)12-9-13-11(7-10(2)20-13)8-14(12)19-3/h5-6,8-10,15,17H,4,7H2,1-3H3. The third-order valence-corrected chi connectivity index (χ3v) is 4.51. The molecule has 2 heterocycles. The number of hydrogen-bond donors (Lipinski definition) is 1. The van der Waals surface area contributed by atoms with Crippen LogP contribution >= 0.6 is 11.3 Å². The molecular formula is C16H20N2O2S. The maximum Gasteiger partial charge on any atom is 0.124 e. The van der Waals surface area contributed by atoms with Crippen LogP contribution in [0.2, 0.25) is 0 Å². The molecule has 1 aromatic carbocycles. The van der Waals surface area contributed by atoms with Gasteiger partial charge in [0.05, 0.1) is 13.2 Å². The summed E-state index contributed by atoms with van der Waals surface area (Å²) in [7, 11) is 1.72. The van der Waals surface area contributed by atoms with Gasteiger partial charge < -0.3 is 14.8 Å². The first-order valence-electron chi connectivity index (χ1n) is 7.23. The lowest BCUT2D eigenvalue weighted by molar-refractivity contribution is 0.254. The van der Waals surface area contributed by atoms with Gasteiger partial charge in [0.15, 0.2) is 0 Å². The van der Waals surface area contributed by atoms with E-state index in [1.54, 1.807) is 18.4 Å². The largest absolute Gasteiger partial charge is 0.496 e. The fourth-order valence-corrected chi connectivity index (χ4v) is 3.50. The molecule has 1 aliphatic heterocycles. The molecule has 1 N–H and O–H groups in total. The molecule has 4 nitrogen and oxygen atoms in total. The van der Waals surface area contributed by atoms with E-state index in [0.717, 1.165) is 35.0 Å². The first-order chi connectivity index (χ1) is 10.2. The van der Waals surface area contributed by atoms with Gasteiger partial charge in [0, 0.05) is 29.1 Å². The van der Waals surface area contributed by atoms with Gasteiger partial charge in [-0.05, 0) is 25.6 Å². The van der Waals surface area contributed by atoms with Gasteiger partial charge in [-0.25, -0.2) is 4.98 Å². The highest BCUT2D eigenvalue weighted by Crippen LogP contribution is 2.39. The minimum absolute atomic E-state index is 0.0368. The van der Waals surface area contributed by atoms with E-state index in [-0.39, 0.29) is 12.1 Å². The molecule has 0 radical (unpaired) electrons. The smallest absolute Gasteiger partial charge is 0.124 e. The molecule has 3 rings (SSSR count). The summed E-state index contributed by atoms with van der Waals surface area (Å²) in [5.41, 5.74) is 2.31. The molecule has 0 saturated heterocycles. The quantitative estimate of drug-likeness (QED) is 0.921. The Morgan fingerprint density at radius 1 is 1.52 bits per heavy atom. The number of ether oxygens (including phenoxy) is 2. The number of aromatic nitrogens is 1. The summed E-state index contributed by atoms with van der Waals surface area (Å²) in [6, 6.07) is 4.24. The van der Waals surface area contributed by atoms with Crippen molar-refractivity contribution in [2.75, 3.05) is 13.7 Å². The zero-order valence-corrected chi connectivity index (χ0v) is 13.4. The van der Waals surface area contributed by atoms with Crippen LogP contribution in [-0.2, 0) is 6.42 Å². The van der Waals surface area contributed by atoms with Gasteiger partial charge in [0.1, 0.15) is 22.6 Å².